The van der Waals surface area contributed by atoms with Gasteiger partial charge in [-0.05, 0) is 48.0 Å². The van der Waals surface area contributed by atoms with Gasteiger partial charge in [0.1, 0.15) is 18.1 Å². The number of aromatic nitrogens is 2. The summed E-state index contributed by atoms with van der Waals surface area (Å²) < 4.78 is 16.6. The van der Waals surface area contributed by atoms with Gasteiger partial charge in [-0.1, -0.05) is 41.9 Å². The number of nitrogens with zero attached hydrogens (tertiary/aromatic N) is 1. The number of carbonyl (C=O) groups excluding carboxylic acids is 1. The Morgan fingerprint density at radius 3 is 2.48 bits per heavy atom. The van der Waals surface area contributed by atoms with Crippen LogP contribution >= 0.6 is 11.6 Å². The van der Waals surface area contributed by atoms with Gasteiger partial charge in [0.15, 0.2) is 0 Å². The van der Waals surface area contributed by atoms with Crippen molar-refractivity contribution in [2.24, 2.45) is 0 Å². The summed E-state index contributed by atoms with van der Waals surface area (Å²) in [6, 6.07) is 23.0. The van der Waals surface area contributed by atoms with Crippen LogP contribution < -0.4 is 14.2 Å². The Morgan fingerprint density at radius 2 is 1.76 bits per heavy atom. The molecule has 1 N–H and O–H groups in total. The number of carbonyl (C=O) groups is 1. The first-order valence-electron chi connectivity index (χ1n) is 10.5. The Balaban J connectivity index is 1.41. The van der Waals surface area contributed by atoms with Crippen LogP contribution in [0.3, 0.4) is 0 Å². The number of methoxy groups -OCH3 is 1. The fourth-order valence-corrected chi connectivity index (χ4v) is 4.18. The first-order chi connectivity index (χ1) is 16.1. The number of aromatic amines is 1. The van der Waals surface area contributed by atoms with Gasteiger partial charge >= 0.3 is 5.97 Å². The standard InChI is InChI=1S/C26H21ClN2O4/c1-31-19-10-8-17(9-11-19)25-24-21(14-23(30)33-26(24)29-28-25)16-6-12-20(13-7-16)32-15-18-4-2-3-5-22(18)27/h2-13,21H,14-15H2,1H3,(H,28,29)/t21-/m1/s1. The SMILES string of the molecule is COc1ccc(-c2[nH]nc3c2[C@@H](c2ccc(OCc4ccccc4Cl)cc2)CC(=O)O3)cc1. The number of H-pyrrole nitrogens is 1. The summed E-state index contributed by atoms with van der Waals surface area (Å²) in [5.74, 6) is 1.32. The summed E-state index contributed by atoms with van der Waals surface area (Å²) in [5, 5.41) is 7.97. The molecule has 0 saturated heterocycles. The predicted molar refractivity (Wildman–Crippen MR) is 125 cm³/mol. The summed E-state index contributed by atoms with van der Waals surface area (Å²) in [5.41, 5.74) is 4.53. The average molecular weight is 461 g/mol. The van der Waals surface area contributed by atoms with E-state index in [1.54, 1.807) is 7.11 Å². The zero-order valence-corrected chi connectivity index (χ0v) is 18.6. The van der Waals surface area contributed by atoms with Gasteiger partial charge in [0.25, 0.3) is 0 Å². The minimum absolute atomic E-state index is 0.185. The normalized spacial score (nSPS) is 15.0. The van der Waals surface area contributed by atoms with Crippen molar-refractivity contribution in [3.63, 3.8) is 0 Å². The minimum Gasteiger partial charge on any atom is -0.497 e. The molecule has 1 aliphatic rings. The first kappa shape index (κ1) is 21.1. The molecular weight excluding hydrogens is 440 g/mol. The van der Waals surface area contributed by atoms with E-state index in [0.29, 0.717) is 17.5 Å². The molecule has 0 bridgehead atoms. The molecule has 3 aromatic carbocycles. The van der Waals surface area contributed by atoms with E-state index in [2.05, 4.69) is 10.2 Å². The highest BCUT2D eigenvalue weighted by Gasteiger charge is 2.34. The maximum atomic E-state index is 12.3. The Hall–Kier alpha value is -3.77. The van der Waals surface area contributed by atoms with E-state index in [1.165, 1.54) is 0 Å². The van der Waals surface area contributed by atoms with Gasteiger partial charge in [-0.25, -0.2) is 0 Å². The van der Waals surface area contributed by atoms with Crippen molar-refractivity contribution < 1.29 is 19.0 Å². The van der Waals surface area contributed by atoms with Crippen molar-refractivity contribution in [1.29, 1.82) is 0 Å². The number of rotatable bonds is 6. The second-order valence-electron chi connectivity index (χ2n) is 7.73. The lowest BCUT2D eigenvalue weighted by atomic mass is 9.86. The summed E-state index contributed by atoms with van der Waals surface area (Å²) in [7, 11) is 1.63. The molecule has 6 nitrogen and oxygen atoms in total. The molecular formula is C26H21ClN2O4. The third-order valence-corrected chi connectivity index (χ3v) is 6.08. The maximum Gasteiger partial charge on any atom is 0.313 e. The van der Waals surface area contributed by atoms with Crippen LogP contribution in [0.25, 0.3) is 11.3 Å². The predicted octanol–water partition coefficient (Wildman–Crippen LogP) is 5.76. The van der Waals surface area contributed by atoms with Crippen LogP contribution in [0.1, 0.15) is 29.0 Å². The lowest BCUT2D eigenvalue weighted by Crippen LogP contribution is -2.20. The van der Waals surface area contributed by atoms with Crippen LogP contribution in [0.2, 0.25) is 5.02 Å². The van der Waals surface area contributed by atoms with Crippen LogP contribution in [0.15, 0.2) is 72.8 Å². The highest BCUT2D eigenvalue weighted by atomic mass is 35.5. The van der Waals surface area contributed by atoms with Gasteiger partial charge in [0, 0.05) is 22.1 Å². The highest BCUT2D eigenvalue weighted by Crippen LogP contribution is 2.43. The van der Waals surface area contributed by atoms with E-state index in [9.17, 15) is 4.79 Å². The van der Waals surface area contributed by atoms with Crippen LogP contribution in [0, 0.1) is 0 Å². The van der Waals surface area contributed by atoms with Crippen LogP contribution in [0.5, 0.6) is 17.4 Å². The van der Waals surface area contributed by atoms with Gasteiger partial charge < -0.3 is 14.2 Å². The van der Waals surface area contributed by atoms with E-state index >= 15 is 0 Å². The van der Waals surface area contributed by atoms with Crippen LogP contribution in [0.4, 0.5) is 0 Å². The zero-order valence-electron chi connectivity index (χ0n) is 17.9. The summed E-state index contributed by atoms with van der Waals surface area (Å²) in [6.07, 6.45) is 0.232. The lowest BCUT2D eigenvalue weighted by Gasteiger charge is -2.22. The molecule has 0 unspecified atom stereocenters. The van der Waals surface area contributed by atoms with E-state index in [-0.39, 0.29) is 18.3 Å². The summed E-state index contributed by atoms with van der Waals surface area (Å²) in [4.78, 5) is 12.3. The van der Waals surface area contributed by atoms with E-state index in [1.807, 2.05) is 72.8 Å². The second kappa shape index (κ2) is 9.00. The topological polar surface area (TPSA) is 73.4 Å². The smallest absolute Gasteiger partial charge is 0.313 e. The van der Waals surface area contributed by atoms with Gasteiger partial charge in [-0.15, -0.1) is 5.10 Å². The number of hydrogen-bond donors (Lipinski definition) is 1. The van der Waals surface area contributed by atoms with Crippen molar-refractivity contribution in [2.45, 2.75) is 18.9 Å². The molecule has 0 amide bonds. The Morgan fingerprint density at radius 1 is 1.03 bits per heavy atom. The monoisotopic (exact) mass is 460 g/mol. The Labute approximate surface area is 196 Å². The molecule has 1 aromatic heterocycles. The van der Waals surface area contributed by atoms with Crippen LogP contribution in [-0.4, -0.2) is 23.3 Å². The first-order valence-corrected chi connectivity index (χ1v) is 10.9. The molecule has 1 atom stereocenters. The number of fused-ring (bicyclic) bond motifs is 1. The summed E-state index contributed by atoms with van der Waals surface area (Å²) in [6.45, 7) is 0.377. The number of nitrogens with one attached hydrogen (secondary N) is 1. The molecule has 4 aromatic rings. The molecule has 2 heterocycles. The van der Waals surface area contributed by atoms with Crippen molar-refractivity contribution in [1.82, 2.24) is 10.2 Å². The van der Waals surface area contributed by atoms with E-state index in [0.717, 1.165) is 39.4 Å². The Kier molecular flexibility index (Phi) is 5.75. The fraction of sp³-hybridized carbons (Fsp3) is 0.154. The molecule has 33 heavy (non-hydrogen) atoms. The van der Waals surface area contributed by atoms with Crippen molar-refractivity contribution in [3.05, 3.63) is 94.5 Å². The highest BCUT2D eigenvalue weighted by molar-refractivity contribution is 6.31. The fourth-order valence-electron chi connectivity index (χ4n) is 3.99. The third-order valence-electron chi connectivity index (χ3n) is 5.71. The van der Waals surface area contributed by atoms with Gasteiger partial charge in [0.05, 0.1) is 24.8 Å². The number of halogens is 1. The van der Waals surface area contributed by atoms with E-state index in [4.69, 9.17) is 25.8 Å². The molecule has 5 rings (SSSR count). The van der Waals surface area contributed by atoms with Crippen LogP contribution in [-0.2, 0) is 11.4 Å². The number of ether oxygens (including phenoxy) is 3. The molecule has 0 aliphatic carbocycles. The third kappa shape index (κ3) is 4.30. The second-order valence-corrected chi connectivity index (χ2v) is 8.13. The number of hydrogen-bond acceptors (Lipinski definition) is 5. The molecule has 0 saturated carbocycles. The quantitative estimate of drug-likeness (QED) is 0.370. The Bertz CT molecular complexity index is 1280. The van der Waals surface area contributed by atoms with Crippen molar-refractivity contribution in [2.75, 3.05) is 7.11 Å². The number of benzene rings is 3. The molecule has 166 valence electrons. The average Bonchev–Trinajstić information content (AvgIpc) is 3.27. The van der Waals surface area contributed by atoms with Crippen molar-refractivity contribution in [3.8, 4) is 28.6 Å². The molecule has 1 aliphatic heterocycles. The molecule has 7 heteroatoms. The van der Waals surface area contributed by atoms with Gasteiger partial charge in [-0.3, -0.25) is 9.89 Å². The van der Waals surface area contributed by atoms with Crippen molar-refractivity contribution >= 4 is 17.6 Å². The summed E-state index contributed by atoms with van der Waals surface area (Å²) >= 11 is 6.21. The number of esters is 1. The lowest BCUT2D eigenvalue weighted by molar-refractivity contribution is -0.135. The molecule has 0 fully saturated rings. The van der Waals surface area contributed by atoms with E-state index < -0.39 is 0 Å². The van der Waals surface area contributed by atoms with Gasteiger partial charge in [0.2, 0.25) is 5.88 Å². The molecule has 0 spiro atoms. The molecule has 0 radical (unpaired) electrons. The minimum atomic E-state index is -0.306. The zero-order chi connectivity index (χ0) is 22.8. The maximum absolute atomic E-state index is 12.3. The van der Waals surface area contributed by atoms with Gasteiger partial charge in [-0.2, -0.15) is 0 Å². The largest absolute Gasteiger partial charge is 0.497 e.